The van der Waals surface area contributed by atoms with Crippen LogP contribution in [0.3, 0.4) is 0 Å². The van der Waals surface area contributed by atoms with Gasteiger partial charge in [-0.25, -0.2) is 4.39 Å². The number of aromatic nitrogens is 1. The minimum absolute atomic E-state index is 0.0832. The molecule has 0 saturated carbocycles. The Balaban J connectivity index is 2.89. The highest BCUT2D eigenvalue weighted by Gasteiger charge is 2.05. The lowest BCUT2D eigenvalue weighted by atomic mass is 10.2. The molecule has 0 radical (unpaired) electrons. The van der Waals surface area contributed by atoms with E-state index in [1.54, 1.807) is 6.07 Å². The molecule has 2 aromatic rings. The molecule has 66 valence electrons. The van der Waals surface area contributed by atoms with Crippen molar-refractivity contribution in [1.82, 2.24) is 4.98 Å². The third kappa shape index (κ3) is 1.31. The maximum Gasteiger partial charge on any atom is 0.151 e. The van der Waals surface area contributed by atoms with Crippen LogP contribution in [-0.4, -0.2) is 4.98 Å². The first-order valence-electron chi connectivity index (χ1n) is 3.68. The van der Waals surface area contributed by atoms with Crippen molar-refractivity contribution in [1.29, 1.82) is 0 Å². The van der Waals surface area contributed by atoms with E-state index in [0.717, 1.165) is 0 Å². The average molecular weight is 197 g/mol. The fourth-order valence-corrected chi connectivity index (χ4v) is 1.32. The van der Waals surface area contributed by atoms with E-state index in [1.807, 2.05) is 0 Å². The van der Waals surface area contributed by atoms with E-state index in [1.165, 1.54) is 18.3 Å². The lowest BCUT2D eigenvalue weighted by Crippen LogP contribution is -1.89. The largest absolute Gasteiger partial charge is 0.397 e. The van der Waals surface area contributed by atoms with Crippen molar-refractivity contribution in [3.63, 3.8) is 0 Å². The highest BCUT2D eigenvalue weighted by atomic mass is 35.5. The summed E-state index contributed by atoms with van der Waals surface area (Å²) in [4.78, 5) is 3.96. The molecule has 0 bridgehead atoms. The fourth-order valence-electron chi connectivity index (χ4n) is 1.15. The minimum atomic E-state index is -0.473. The Kier molecular flexibility index (Phi) is 1.81. The van der Waals surface area contributed by atoms with E-state index in [-0.39, 0.29) is 5.02 Å². The number of fused-ring (bicyclic) bond motifs is 1. The normalized spacial score (nSPS) is 10.6. The van der Waals surface area contributed by atoms with Gasteiger partial charge in [0.2, 0.25) is 0 Å². The second-order valence-electron chi connectivity index (χ2n) is 2.70. The molecule has 2 rings (SSSR count). The summed E-state index contributed by atoms with van der Waals surface area (Å²) in [7, 11) is 0. The maximum absolute atomic E-state index is 13.4. The van der Waals surface area contributed by atoms with Crippen LogP contribution in [0.25, 0.3) is 10.9 Å². The first-order valence-corrected chi connectivity index (χ1v) is 4.05. The molecule has 2 nitrogen and oxygen atoms in total. The van der Waals surface area contributed by atoms with Crippen molar-refractivity contribution in [2.45, 2.75) is 0 Å². The Labute approximate surface area is 79.1 Å². The molecule has 1 heterocycles. The molecule has 2 N–H and O–H groups in total. The van der Waals surface area contributed by atoms with Gasteiger partial charge in [0.1, 0.15) is 0 Å². The summed E-state index contributed by atoms with van der Waals surface area (Å²) in [6.45, 7) is 0. The van der Waals surface area contributed by atoms with E-state index in [0.29, 0.717) is 16.6 Å². The molecule has 13 heavy (non-hydrogen) atoms. The van der Waals surface area contributed by atoms with Crippen molar-refractivity contribution in [3.8, 4) is 0 Å². The van der Waals surface area contributed by atoms with Crippen LogP contribution < -0.4 is 5.73 Å². The van der Waals surface area contributed by atoms with Gasteiger partial charge in [-0.3, -0.25) is 4.98 Å². The number of hydrogen-bond acceptors (Lipinski definition) is 2. The van der Waals surface area contributed by atoms with Crippen LogP contribution in [-0.2, 0) is 0 Å². The van der Waals surface area contributed by atoms with E-state index in [2.05, 4.69) is 4.98 Å². The molecule has 0 unspecified atom stereocenters. The van der Waals surface area contributed by atoms with E-state index in [4.69, 9.17) is 17.3 Å². The molecule has 0 spiro atoms. The minimum Gasteiger partial charge on any atom is -0.397 e. The van der Waals surface area contributed by atoms with Gasteiger partial charge in [-0.1, -0.05) is 11.6 Å². The van der Waals surface area contributed by atoms with Crippen LogP contribution in [0, 0.1) is 5.82 Å². The van der Waals surface area contributed by atoms with Gasteiger partial charge < -0.3 is 5.73 Å². The molecular weight excluding hydrogens is 191 g/mol. The SMILES string of the molecule is Nc1cnc2ccc(Cl)c(F)c2c1. The first kappa shape index (κ1) is 8.26. The number of benzene rings is 1. The molecule has 0 amide bonds. The Hall–Kier alpha value is -1.35. The third-order valence-corrected chi connectivity index (χ3v) is 2.07. The van der Waals surface area contributed by atoms with Crippen LogP contribution in [0.15, 0.2) is 24.4 Å². The summed E-state index contributed by atoms with van der Waals surface area (Å²) in [6, 6.07) is 4.64. The standard InChI is InChI=1S/C9H6ClFN2/c10-7-1-2-8-6(9(7)11)3-5(12)4-13-8/h1-4H,12H2. The smallest absolute Gasteiger partial charge is 0.151 e. The van der Waals surface area contributed by atoms with Gasteiger partial charge in [-0.2, -0.15) is 0 Å². The molecule has 4 heteroatoms. The molecule has 0 fully saturated rings. The number of nitrogens with zero attached hydrogens (tertiary/aromatic N) is 1. The van der Waals surface area contributed by atoms with Crippen LogP contribution in [0.4, 0.5) is 10.1 Å². The molecule has 0 aliphatic rings. The zero-order chi connectivity index (χ0) is 9.42. The molecule has 0 saturated heterocycles. The lowest BCUT2D eigenvalue weighted by Gasteiger charge is -2.00. The number of halogens is 2. The lowest BCUT2D eigenvalue weighted by molar-refractivity contribution is 0.640. The quantitative estimate of drug-likeness (QED) is 0.704. The zero-order valence-corrected chi connectivity index (χ0v) is 7.35. The molecular formula is C9H6ClFN2. The van der Waals surface area contributed by atoms with Gasteiger partial charge in [-0.05, 0) is 18.2 Å². The number of hydrogen-bond donors (Lipinski definition) is 1. The van der Waals surface area contributed by atoms with Crippen LogP contribution in [0.5, 0.6) is 0 Å². The van der Waals surface area contributed by atoms with Crippen molar-refractivity contribution in [2.75, 3.05) is 5.73 Å². The average Bonchev–Trinajstić information content (AvgIpc) is 2.12. The molecule has 1 aromatic heterocycles. The fraction of sp³-hybridized carbons (Fsp3) is 0. The van der Waals surface area contributed by atoms with Gasteiger partial charge in [0.05, 0.1) is 22.4 Å². The predicted octanol–water partition coefficient (Wildman–Crippen LogP) is 2.61. The van der Waals surface area contributed by atoms with Gasteiger partial charge in [0.25, 0.3) is 0 Å². The summed E-state index contributed by atoms with van der Waals surface area (Å²) in [6.07, 6.45) is 1.48. The van der Waals surface area contributed by atoms with Crippen molar-refractivity contribution >= 4 is 28.2 Å². The summed E-state index contributed by atoms with van der Waals surface area (Å²) >= 11 is 5.60. The topological polar surface area (TPSA) is 38.9 Å². The second kappa shape index (κ2) is 2.85. The van der Waals surface area contributed by atoms with E-state index < -0.39 is 5.82 Å². The Bertz CT molecular complexity index is 465. The Morgan fingerprint density at radius 3 is 2.92 bits per heavy atom. The van der Waals surface area contributed by atoms with Crippen LogP contribution in [0.2, 0.25) is 5.02 Å². The Morgan fingerprint density at radius 2 is 2.15 bits per heavy atom. The highest BCUT2D eigenvalue weighted by molar-refractivity contribution is 6.31. The third-order valence-electron chi connectivity index (χ3n) is 1.77. The van der Waals surface area contributed by atoms with Crippen molar-refractivity contribution in [3.05, 3.63) is 35.2 Å². The summed E-state index contributed by atoms with van der Waals surface area (Å²) in [5.41, 5.74) is 6.45. The first-order chi connectivity index (χ1) is 6.18. The van der Waals surface area contributed by atoms with Gasteiger partial charge in [0.15, 0.2) is 5.82 Å². The highest BCUT2D eigenvalue weighted by Crippen LogP contribution is 2.24. The second-order valence-corrected chi connectivity index (χ2v) is 3.10. The van der Waals surface area contributed by atoms with E-state index >= 15 is 0 Å². The zero-order valence-electron chi connectivity index (χ0n) is 6.59. The molecule has 0 aliphatic heterocycles. The van der Waals surface area contributed by atoms with Gasteiger partial charge in [0, 0.05) is 5.39 Å². The maximum atomic E-state index is 13.4. The molecule has 1 aromatic carbocycles. The Morgan fingerprint density at radius 1 is 1.38 bits per heavy atom. The summed E-state index contributed by atoms with van der Waals surface area (Å²) in [5, 5.41) is 0.437. The number of rotatable bonds is 0. The van der Waals surface area contributed by atoms with E-state index in [9.17, 15) is 4.39 Å². The van der Waals surface area contributed by atoms with Crippen molar-refractivity contribution in [2.24, 2.45) is 0 Å². The van der Waals surface area contributed by atoms with Crippen LogP contribution >= 0.6 is 11.6 Å². The summed E-state index contributed by atoms with van der Waals surface area (Å²) in [5.74, 6) is -0.473. The molecule has 0 aliphatic carbocycles. The van der Waals surface area contributed by atoms with Gasteiger partial charge in [-0.15, -0.1) is 0 Å². The number of anilines is 1. The number of nitrogen functional groups attached to an aromatic ring is 1. The summed E-state index contributed by atoms with van der Waals surface area (Å²) < 4.78 is 13.4. The van der Waals surface area contributed by atoms with Crippen molar-refractivity contribution < 1.29 is 4.39 Å². The predicted molar refractivity (Wildman–Crippen MR) is 51.1 cm³/mol. The van der Waals surface area contributed by atoms with Crippen LogP contribution in [0.1, 0.15) is 0 Å². The number of nitrogens with two attached hydrogens (primary N) is 1. The monoisotopic (exact) mass is 196 g/mol. The molecule has 0 atom stereocenters. The number of pyridine rings is 1. The van der Waals surface area contributed by atoms with Gasteiger partial charge >= 0.3 is 0 Å².